The standard InChI is InChI=1S/C15H16BrNO3S/c1-10-9-15(11(2)8-14(10)20-3)21(18,19)17-13-6-4-12(16)5-7-13/h4-9,17H,1-3H3. The van der Waals surface area contributed by atoms with Crippen LogP contribution in [0.15, 0.2) is 45.8 Å². The number of hydrogen-bond donors (Lipinski definition) is 1. The fraction of sp³-hybridized carbons (Fsp3) is 0.200. The summed E-state index contributed by atoms with van der Waals surface area (Å²) in [6.45, 7) is 3.56. The average Bonchev–Trinajstić information content (AvgIpc) is 2.43. The lowest BCUT2D eigenvalue weighted by molar-refractivity contribution is 0.411. The van der Waals surface area contributed by atoms with Gasteiger partial charge < -0.3 is 4.74 Å². The third-order valence-corrected chi connectivity index (χ3v) is 5.13. The lowest BCUT2D eigenvalue weighted by Gasteiger charge is -2.13. The van der Waals surface area contributed by atoms with Crippen molar-refractivity contribution in [2.45, 2.75) is 18.7 Å². The summed E-state index contributed by atoms with van der Waals surface area (Å²) in [5.41, 5.74) is 1.94. The van der Waals surface area contributed by atoms with E-state index in [1.54, 1.807) is 50.4 Å². The van der Waals surface area contributed by atoms with Crippen LogP contribution in [0.2, 0.25) is 0 Å². The highest BCUT2D eigenvalue weighted by Gasteiger charge is 2.18. The van der Waals surface area contributed by atoms with Crippen molar-refractivity contribution in [1.82, 2.24) is 0 Å². The predicted octanol–water partition coefficient (Wildman–Crippen LogP) is 3.88. The van der Waals surface area contributed by atoms with Gasteiger partial charge in [0.25, 0.3) is 10.0 Å². The highest BCUT2D eigenvalue weighted by Crippen LogP contribution is 2.27. The van der Waals surface area contributed by atoms with E-state index in [9.17, 15) is 8.42 Å². The first-order valence-electron chi connectivity index (χ1n) is 6.27. The summed E-state index contributed by atoms with van der Waals surface area (Å²) in [6.07, 6.45) is 0. The van der Waals surface area contributed by atoms with Crippen LogP contribution in [-0.4, -0.2) is 15.5 Å². The monoisotopic (exact) mass is 369 g/mol. The second kappa shape index (κ2) is 6.07. The zero-order valence-corrected chi connectivity index (χ0v) is 14.4. The van der Waals surface area contributed by atoms with Crippen molar-refractivity contribution in [3.63, 3.8) is 0 Å². The zero-order valence-electron chi connectivity index (χ0n) is 12.0. The molecule has 21 heavy (non-hydrogen) atoms. The Labute approximate surface area is 133 Å². The molecular weight excluding hydrogens is 354 g/mol. The van der Waals surface area contributed by atoms with Crippen molar-refractivity contribution in [2.24, 2.45) is 0 Å². The van der Waals surface area contributed by atoms with Gasteiger partial charge in [0.05, 0.1) is 12.0 Å². The van der Waals surface area contributed by atoms with Crippen molar-refractivity contribution in [1.29, 1.82) is 0 Å². The number of ether oxygens (including phenoxy) is 1. The number of aryl methyl sites for hydroxylation is 2. The van der Waals surface area contributed by atoms with Crippen LogP contribution in [0.25, 0.3) is 0 Å². The molecule has 0 atom stereocenters. The van der Waals surface area contributed by atoms with Gasteiger partial charge in [-0.25, -0.2) is 8.42 Å². The third kappa shape index (κ3) is 3.57. The van der Waals surface area contributed by atoms with E-state index in [0.29, 0.717) is 17.0 Å². The molecule has 1 N–H and O–H groups in total. The molecule has 0 aliphatic heterocycles. The van der Waals surface area contributed by atoms with Crippen molar-refractivity contribution in [3.8, 4) is 5.75 Å². The number of nitrogens with one attached hydrogen (secondary N) is 1. The van der Waals surface area contributed by atoms with Crippen LogP contribution in [0.5, 0.6) is 5.75 Å². The summed E-state index contributed by atoms with van der Waals surface area (Å²) in [6, 6.07) is 10.3. The Balaban J connectivity index is 2.40. The van der Waals surface area contributed by atoms with Gasteiger partial charge in [-0.3, -0.25) is 4.72 Å². The normalized spacial score (nSPS) is 11.2. The molecule has 0 saturated carbocycles. The molecule has 0 fully saturated rings. The first-order chi connectivity index (χ1) is 9.83. The van der Waals surface area contributed by atoms with E-state index in [4.69, 9.17) is 4.74 Å². The van der Waals surface area contributed by atoms with Crippen LogP contribution in [-0.2, 0) is 10.0 Å². The fourth-order valence-corrected chi connectivity index (χ4v) is 3.64. The maximum atomic E-state index is 12.5. The number of hydrogen-bond acceptors (Lipinski definition) is 3. The molecule has 0 amide bonds. The molecule has 2 aromatic rings. The SMILES string of the molecule is COc1cc(C)c(S(=O)(=O)Nc2ccc(Br)cc2)cc1C. The summed E-state index contributed by atoms with van der Waals surface area (Å²) < 4.78 is 33.7. The molecule has 0 aliphatic carbocycles. The molecule has 6 heteroatoms. The minimum Gasteiger partial charge on any atom is -0.496 e. The zero-order chi connectivity index (χ0) is 15.6. The van der Waals surface area contributed by atoms with E-state index in [0.717, 1.165) is 10.0 Å². The van der Waals surface area contributed by atoms with E-state index in [2.05, 4.69) is 20.7 Å². The van der Waals surface area contributed by atoms with Gasteiger partial charge >= 0.3 is 0 Å². The second-order valence-electron chi connectivity index (χ2n) is 4.70. The third-order valence-electron chi connectivity index (χ3n) is 3.08. The maximum absolute atomic E-state index is 12.5. The van der Waals surface area contributed by atoms with Crippen LogP contribution in [0.1, 0.15) is 11.1 Å². The van der Waals surface area contributed by atoms with Gasteiger partial charge in [-0.2, -0.15) is 0 Å². The van der Waals surface area contributed by atoms with Crippen LogP contribution in [0, 0.1) is 13.8 Å². The number of sulfonamides is 1. The Bertz CT molecular complexity index is 755. The van der Waals surface area contributed by atoms with E-state index in [1.165, 1.54) is 0 Å². The minimum atomic E-state index is -3.63. The van der Waals surface area contributed by atoms with Gasteiger partial charge in [0, 0.05) is 10.2 Å². The van der Waals surface area contributed by atoms with E-state index >= 15 is 0 Å². The number of benzene rings is 2. The molecule has 0 unspecified atom stereocenters. The van der Waals surface area contributed by atoms with Gasteiger partial charge in [0.1, 0.15) is 5.75 Å². The van der Waals surface area contributed by atoms with Gasteiger partial charge in [-0.05, 0) is 61.4 Å². The lowest BCUT2D eigenvalue weighted by Crippen LogP contribution is -2.14. The van der Waals surface area contributed by atoms with Crippen molar-refractivity contribution in [3.05, 3.63) is 52.0 Å². The van der Waals surface area contributed by atoms with Gasteiger partial charge in [0.15, 0.2) is 0 Å². The number of halogens is 1. The molecule has 0 aromatic heterocycles. The Morgan fingerprint density at radius 1 is 1.05 bits per heavy atom. The Morgan fingerprint density at radius 2 is 1.67 bits per heavy atom. The van der Waals surface area contributed by atoms with Crippen LogP contribution >= 0.6 is 15.9 Å². The predicted molar refractivity (Wildman–Crippen MR) is 87.4 cm³/mol. The summed E-state index contributed by atoms with van der Waals surface area (Å²) in [7, 11) is -2.06. The van der Waals surface area contributed by atoms with Crippen LogP contribution < -0.4 is 9.46 Å². The van der Waals surface area contributed by atoms with Crippen molar-refractivity contribution < 1.29 is 13.2 Å². The van der Waals surface area contributed by atoms with E-state index < -0.39 is 10.0 Å². The average molecular weight is 370 g/mol. The molecule has 112 valence electrons. The maximum Gasteiger partial charge on any atom is 0.262 e. The molecule has 4 nitrogen and oxygen atoms in total. The Morgan fingerprint density at radius 3 is 2.24 bits per heavy atom. The quantitative estimate of drug-likeness (QED) is 0.889. The molecular formula is C15H16BrNO3S. The Kier molecular flexibility index (Phi) is 4.58. The highest BCUT2D eigenvalue weighted by molar-refractivity contribution is 9.10. The molecule has 0 spiro atoms. The van der Waals surface area contributed by atoms with Crippen molar-refractivity contribution >= 4 is 31.6 Å². The van der Waals surface area contributed by atoms with E-state index in [1.807, 2.05) is 6.92 Å². The summed E-state index contributed by atoms with van der Waals surface area (Å²) >= 11 is 3.32. The molecule has 0 saturated heterocycles. The number of methoxy groups -OCH3 is 1. The molecule has 0 heterocycles. The highest BCUT2D eigenvalue weighted by atomic mass is 79.9. The lowest BCUT2D eigenvalue weighted by atomic mass is 10.1. The second-order valence-corrected chi connectivity index (χ2v) is 7.27. The van der Waals surface area contributed by atoms with Gasteiger partial charge in [-0.15, -0.1) is 0 Å². The van der Waals surface area contributed by atoms with Gasteiger partial charge in [0.2, 0.25) is 0 Å². The fourth-order valence-electron chi connectivity index (χ4n) is 2.00. The molecule has 2 aromatic carbocycles. The largest absolute Gasteiger partial charge is 0.496 e. The number of anilines is 1. The van der Waals surface area contributed by atoms with E-state index in [-0.39, 0.29) is 4.90 Å². The number of rotatable bonds is 4. The van der Waals surface area contributed by atoms with Gasteiger partial charge in [-0.1, -0.05) is 15.9 Å². The summed E-state index contributed by atoms with van der Waals surface area (Å²) in [5.74, 6) is 0.676. The summed E-state index contributed by atoms with van der Waals surface area (Å²) in [4.78, 5) is 0.253. The first kappa shape index (κ1) is 15.9. The summed E-state index contributed by atoms with van der Waals surface area (Å²) in [5, 5.41) is 0. The molecule has 2 rings (SSSR count). The topological polar surface area (TPSA) is 55.4 Å². The Hall–Kier alpha value is -1.53. The smallest absolute Gasteiger partial charge is 0.262 e. The minimum absolute atomic E-state index is 0.253. The van der Waals surface area contributed by atoms with Crippen LogP contribution in [0.3, 0.4) is 0 Å². The molecule has 0 bridgehead atoms. The van der Waals surface area contributed by atoms with Crippen LogP contribution in [0.4, 0.5) is 5.69 Å². The first-order valence-corrected chi connectivity index (χ1v) is 8.55. The molecule has 0 aliphatic rings. The van der Waals surface area contributed by atoms with Crippen molar-refractivity contribution in [2.75, 3.05) is 11.8 Å². The molecule has 0 radical (unpaired) electrons.